The fourth-order valence-electron chi connectivity index (χ4n) is 5.98. The minimum atomic E-state index is -0.399. The summed E-state index contributed by atoms with van der Waals surface area (Å²) in [6, 6.07) is 3.87. The summed E-state index contributed by atoms with van der Waals surface area (Å²) in [5.74, 6) is 1.69. The standard InChI is InChI=1S/C29H33FN10/c1-39-8-10-40(11-9-39)29-25-22(6-7-33-29)35-28(36-25)26-23-24(30)21(17-34-27(23)38-37-26)20-12-19(15-32-16-20)14-31-13-18-4-2-3-5-18/h6-7,12,15-18,31H,2-5,8-11,13-14H2,1H3,(H,35,36)(H,34,37,38). The molecule has 3 N–H and O–H groups in total. The highest BCUT2D eigenvalue weighted by molar-refractivity contribution is 5.95. The third-order valence-corrected chi connectivity index (χ3v) is 8.28. The molecule has 40 heavy (non-hydrogen) atoms. The SMILES string of the molecule is CN1CCN(c2nccc3[nH]c(-c4[nH]nc5ncc(-c6cncc(CNCC7CCCC7)c6)c(F)c45)nc23)CC1. The van der Waals surface area contributed by atoms with Crippen molar-refractivity contribution in [2.45, 2.75) is 32.2 Å². The van der Waals surface area contributed by atoms with Gasteiger partial charge in [0, 0.05) is 68.6 Å². The molecular formula is C29H33FN10. The number of likely N-dealkylation sites (N-methyl/N-ethyl adjacent to an activating group) is 1. The molecule has 0 unspecified atom stereocenters. The van der Waals surface area contributed by atoms with Gasteiger partial charge < -0.3 is 20.1 Å². The number of hydrogen-bond acceptors (Lipinski definition) is 8. The van der Waals surface area contributed by atoms with Crippen LogP contribution in [-0.4, -0.2) is 79.8 Å². The van der Waals surface area contributed by atoms with Crippen molar-refractivity contribution >= 4 is 27.9 Å². The normalized spacial score (nSPS) is 17.0. The first kappa shape index (κ1) is 25.0. The van der Waals surface area contributed by atoms with Crippen molar-refractivity contribution in [3.05, 3.63) is 48.3 Å². The molecule has 206 valence electrons. The van der Waals surface area contributed by atoms with Crippen LogP contribution in [0.15, 0.2) is 36.9 Å². The van der Waals surface area contributed by atoms with E-state index in [1.165, 1.54) is 31.9 Å². The number of hydrogen-bond donors (Lipinski definition) is 3. The number of fused-ring (bicyclic) bond motifs is 2. The van der Waals surface area contributed by atoms with Crippen molar-refractivity contribution in [3.8, 4) is 22.6 Å². The monoisotopic (exact) mass is 540 g/mol. The number of rotatable bonds is 7. The summed E-state index contributed by atoms with van der Waals surface area (Å²) >= 11 is 0. The van der Waals surface area contributed by atoms with Crippen LogP contribution in [0.3, 0.4) is 0 Å². The number of H-pyrrole nitrogens is 2. The van der Waals surface area contributed by atoms with Gasteiger partial charge in [0.2, 0.25) is 0 Å². The summed E-state index contributed by atoms with van der Waals surface area (Å²) in [6.07, 6.45) is 12.1. The predicted molar refractivity (Wildman–Crippen MR) is 153 cm³/mol. The van der Waals surface area contributed by atoms with Crippen LogP contribution in [0.1, 0.15) is 31.2 Å². The summed E-state index contributed by atoms with van der Waals surface area (Å²) in [7, 11) is 2.12. The fraction of sp³-hybridized carbons (Fsp3) is 0.414. The Morgan fingerprint density at radius 3 is 2.77 bits per heavy atom. The van der Waals surface area contributed by atoms with Gasteiger partial charge in [-0.2, -0.15) is 5.10 Å². The van der Waals surface area contributed by atoms with Crippen LogP contribution >= 0.6 is 0 Å². The molecule has 0 bridgehead atoms. The summed E-state index contributed by atoms with van der Waals surface area (Å²) in [5.41, 5.74) is 4.45. The molecule has 10 nitrogen and oxygen atoms in total. The zero-order valence-electron chi connectivity index (χ0n) is 22.6. The third-order valence-electron chi connectivity index (χ3n) is 8.28. The van der Waals surface area contributed by atoms with Crippen LogP contribution < -0.4 is 10.2 Å². The summed E-state index contributed by atoms with van der Waals surface area (Å²) in [6.45, 7) is 5.40. The molecule has 0 spiro atoms. The lowest BCUT2D eigenvalue weighted by molar-refractivity contribution is 0.312. The largest absolute Gasteiger partial charge is 0.352 e. The average Bonchev–Trinajstić information content (AvgIpc) is 3.73. The molecular weight excluding hydrogens is 507 g/mol. The van der Waals surface area contributed by atoms with Gasteiger partial charge in [-0.1, -0.05) is 12.8 Å². The van der Waals surface area contributed by atoms with Gasteiger partial charge in [-0.15, -0.1) is 0 Å². The van der Waals surface area contributed by atoms with Crippen LogP contribution in [-0.2, 0) is 6.54 Å². The molecule has 2 aliphatic rings. The Morgan fingerprint density at radius 2 is 1.93 bits per heavy atom. The van der Waals surface area contributed by atoms with Crippen molar-refractivity contribution in [1.29, 1.82) is 0 Å². The van der Waals surface area contributed by atoms with Crippen LogP contribution in [0.5, 0.6) is 0 Å². The molecule has 5 aromatic rings. The lowest BCUT2D eigenvalue weighted by Crippen LogP contribution is -2.44. The molecule has 5 aromatic heterocycles. The van der Waals surface area contributed by atoms with Gasteiger partial charge in [0.15, 0.2) is 17.3 Å². The third kappa shape index (κ3) is 4.69. The zero-order valence-corrected chi connectivity index (χ0v) is 22.6. The lowest BCUT2D eigenvalue weighted by Gasteiger charge is -2.33. The Hall–Kier alpha value is -3.96. The number of nitrogens with one attached hydrogen (secondary N) is 3. The number of aromatic amines is 2. The van der Waals surface area contributed by atoms with Gasteiger partial charge in [-0.3, -0.25) is 10.1 Å². The molecule has 1 aliphatic carbocycles. The summed E-state index contributed by atoms with van der Waals surface area (Å²) < 4.78 is 16.2. The maximum absolute atomic E-state index is 16.2. The average molecular weight is 541 g/mol. The quantitative estimate of drug-likeness (QED) is 0.282. The van der Waals surface area contributed by atoms with E-state index in [2.05, 4.69) is 52.3 Å². The van der Waals surface area contributed by atoms with E-state index in [0.29, 0.717) is 40.2 Å². The van der Waals surface area contributed by atoms with E-state index in [4.69, 9.17) is 4.98 Å². The van der Waals surface area contributed by atoms with Crippen LogP contribution in [0, 0.1) is 11.7 Å². The van der Waals surface area contributed by atoms with E-state index in [1.54, 1.807) is 12.4 Å². The zero-order chi connectivity index (χ0) is 27.1. The number of pyridine rings is 3. The van der Waals surface area contributed by atoms with Crippen LogP contribution in [0.2, 0.25) is 0 Å². The van der Waals surface area contributed by atoms with E-state index in [9.17, 15) is 0 Å². The molecule has 1 saturated heterocycles. The fourth-order valence-corrected chi connectivity index (χ4v) is 5.98. The number of nitrogens with zero attached hydrogens (tertiary/aromatic N) is 7. The van der Waals surface area contributed by atoms with E-state index in [-0.39, 0.29) is 0 Å². The Morgan fingerprint density at radius 1 is 1.07 bits per heavy atom. The molecule has 1 saturated carbocycles. The van der Waals surface area contributed by atoms with Crippen LogP contribution in [0.25, 0.3) is 44.7 Å². The Kier molecular flexibility index (Phi) is 6.60. The highest BCUT2D eigenvalue weighted by Gasteiger charge is 2.23. The highest BCUT2D eigenvalue weighted by atomic mass is 19.1. The van der Waals surface area contributed by atoms with E-state index < -0.39 is 5.82 Å². The number of imidazole rings is 1. The molecule has 0 atom stereocenters. The first-order valence-corrected chi connectivity index (χ1v) is 14.1. The van der Waals surface area contributed by atoms with E-state index in [0.717, 1.165) is 61.1 Å². The lowest BCUT2D eigenvalue weighted by atomic mass is 10.0. The van der Waals surface area contributed by atoms with Gasteiger partial charge in [0.05, 0.1) is 10.9 Å². The first-order valence-electron chi connectivity index (χ1n) is 14.1. The molecule has 1 aliphatic heterocycles. The molecule has 2 fully saturated rings. The molecule has 11 heteroatoms. The van der Waals surface area contributed by atoms with Crippen molar-refractivity contribution in [2.24, 2.45) is 5.92 Å². The van der Waals surface area contributed by atoms with Crippen molar-refractivity contribution < 1.29 is 4.39 Å². The van der Waals surface area contributed by atoms with E-state index in [1.807, 2.05) is 18.3 Å². The minimum absolute atomic E-state index is 0.301. The van der Waals surface area contributed by atoms with Gasteiger partial charge in [-0.05, 0) is 50.0 Å². The Labute approximate surface area is 231 Å². The first-order chi connectivity index (χ1) is 19.6. The van der Waals surface area contributed by atoms with Gasteiger partial charge >= 0.3 is 0 Å². The van der Waals surface area contributed by atoms with Gasteiger partial charge in [-0.25, -0.2) is 19.3 Å². The number of aromatic nitrogens is 7. The van der Waals surface area contributed by atoms with E-state index >= 15 is 4.39 Å². The van der Waals surface area contributed by atoms with Gasteiger partial charge in [0.25, 0.3) is 0 Å². The molecule has 0 aromatic carbocycles. The Balaban J connectivity index is 1.20. The van der Waals surface area contributed by atoms with Gasteiger partial charge in [0.1, 0.15) is 17.0 Å². The number of halogens is 1. The topological polar surface area (TPSA) is 115 Å². The summed E-state index contributed by atoms with van der Waals surface area (Å²) in [5, 5.41) is 11.1. The van der Waals surface area contributed by atoms with Crippen molar-refractivity contribution in [3.63, 3.8) is 0 Å². The minimum Gasteiger partial charge on any atom is -0.352 e. The molecule has 7 rings (SSSR count). The summed E-state index contributed by atoms with van der Waals surface area (Å²) in [4.78, 5) is 26.3. The second kappa shape index (κ2) is 10.5. The molecule has 0 radical (unpaired) electrons. The van der Waals surface area contributed by atoms with Crippen molar-refractivity contribution in [2.75, 3.05) is 44.7 Å². The predicted octanol–water partition coefficient (Wildman–Crippen LogP) is 4.13. The van der Waals surface area contributed by atoms with Crippen molar-refractivity contribution in [1.82, 2.24) is 45.3 Å². The maximum atomic E-state index is 16.2. The second-order valence-electron chi connectivity index (χ2n) is 11.1. The number of piperazine rings is 1. The smallest absolute Gasteiger partial charge is 0.184 e. The second-order valence-corrected chi connectivity index (χ2v) is 11.1. The maximum Gasteiger partial charge on any atom is 0.184 e. The Bertz CT molecular complexity index is 1650. The molecule has 6 heterocycles. The highest BCUT2D eigenvalue weighted by Crippen LogP contribution is 2.34. The number of anilines is 1. The van der Waals surface area contributed by atoms with Crippen LogP contribution in [0.4, 0.5) is 10.2 Å². The molecule has 0 amide bonds.